The average molecular weight is 332 g/mol. The highest BCUT2D eigenvalue weighted by atomic mass is 32.2. The molecule has 0 aliphatic heterocycles. The number of aromatic nitrogens is 1. The summed E-state index contributed by atoms with van der Waals surface area (Å²) in [6.45, 7) is 0. The maximum absolute atomic E-state index is 11.8. The number of hydrogen-bond acceptors (Lipinski definition) is 7. The third-order valence-corrected chi connectivity index (χ3v) is 4.00. The zero-order valence-electron chi connectivity index (χ0n) is 13.4. The van der Waals surface area contributed by atoms with Gasteiger partial charge in [0, 0.05) is 12.6 Å². The number of nitrogens with zero attached hydrogens (tertiary/aromatic N) is 1. The molecule has 0 unspecified atom stereocenters. The summed E-state index contributed by atoms with van der Waals surface area (Å²) in [6, 6.07) is 0. The fourth-order valence-electron chi connectivity index (χ4n) is 1.91. The lowest BCUT2D eigenvalue weighted by molar-refractivity contribution is -0.140. The van der Waals surface area contributed by atoms with Crippen LogP contribution in [-0.4, -0.2) is 51.1 Å². The molecule has 0 N–H and O–H groups in total. The van der Waals surface area contributed by atoms with Gasteiger partial charge in [-0.1, -0.05) is 0 Å². The van der Waals surface area contributed by atoms with Crippen LogP contribution in [-0.2, 0) is 41.9 Å². The SMILES string of the molecule is [2H]C(=O)c1c(CC(=O)OC)c(CCC(=O)OC)cn1S(C)(=O)=O. The number of carbonyl (C=O) groups excluding carboxylic acids is 3. The van der Waals surface area contributed by atoms with Crippen molar-refractivity contribution in [2.45, 2.75) is 19.3 Å². The van der Waals surface area contributed by atoms with Crippen LogP contribution in [0.4, 0.5) is 0 Å². The Morgan fingerprint density at radius 2 is 1.91 bits per heavy atom. The highest BCUT2D eigenvalue weighted by molar-refractivity contribution is 7.89. The molecule has 0 fully saturated rings. The Morgan fingerprint density at radius 3 is 2.36 bits per heavy atom. The molecule has 0 aromatic carbocycles. The Morgan fingerprint density at radius 1 is 1.32 bits per heavy atom. The van der Waals surface area contributed by atoms with E-state index in [0.717, 1.165) is 19.6 Å². The van der Waals surface area contributed by atoms with Gasteiger partial charge in [-0.2, -0.15) is 0 Å². The highest BCUT2D eigenvalue weighted by Gasteiger charge is 2.23. The Hall–Kier alpha value is -2.16. The molecule has 8 nitrogen and oxygen atoms in total. The van der Waals surface area contributed by atoms with Gasteiger partial charge >= 0.3 is 11.9 Å². The molecule has 0 amide bonds. The maximum atomic E-state index is 11.8. The maximum Gasteiger partial charge on any atom is 0.310 e. The summed E-state index contributed by atoms with van der Waals surface area (Å²) in [4.78, 5) is 34.3. The van der Waals surface area contributed by atoms with Crippen molar-refractivity contribution in [3.8, 4) is 0 Å². The van der Waals surface area contributed by atoms with Gasteiger partial charge in [0.1, 0.15) is 7.06 Å². The Bertz CT molecular complexity index is 736. The molecule has 0 saturated heterocycles. The predicted octanol–water partition coefficient (Wildman–Crippen LogP) is -0.0706. The third-order valence-electron chi connectivity index (χ3n) is 3.00. The molecule has 1 heterocycles. The zero-order valence-corrected chi connectivity index (χ0v) is 13.2. The van der Waals surface area contributed by atoms with Crippen molar-refractivity contribution in [1.82, 2.24) is 3.97 Å². The van der Waals surface area contributed by atoms with Gasteiger partial charge < -0.3 is 9.47 Å². The summed E-state index contributed by atoms with van der Waals surface area (Å²) >= 11 is 0. The van der Waals surface area contributed by atoms with E-state index in [9.17, 15) is 22.8 Å². The average Bonchev–Trinajstić information content (AvgIpc) is 2.83. The lowest BCUT2D eigenvalue weighted by Crippen LogP contribution is -2.14. The molecule has 1 aromatic heterocycles. The summed E-state index contributed by atoms with van der Waals surface area (Å²) in [6.07, 6.45) is 0.365. The van der Waals surface area contributed by atoms with Crippen molar-refractivity contribution in [2.24, 2.45) is 0 Å². The lowest BCUT2D eigenvalue weighted by Gasteiger charge is -2.04. The number of aldehydes is 1. The fraction of sp³-hybridized carbons (Fsp3) is 0.462. The summed E-state index contributed by atoms with van der Waals surface area (Å²) in [5, 5.41) is 0. The van der Waals surface area contributed by atoms with Gasteiger partial charge in [-0.05, 0) is 17.5 Å². The van der Waals surface area contributed by atoms with Crippen LogP contribution in [0.3, 0.4) is 0 Å². The summed E-state index contributed by atoms with van der Waals surface area (Å²) < 4.78 is 40.5. The molecular weight excluding hydrogens is 314 g/mol. The molecule has 0 radical (unpaired) electrons. The van der Waals surface area contributed by atoms with Gasteiger partial charge in [-0.15, -0.1) is 0 Å². The second kappa shape index (κ2) is 7.21. The molecule has 1 aromatic rings. The number of carbonyl (C=O) groups is 3. The van der Waals surface area contributed by atoms with Gasteiger partial charge in [0.25, 0.3) is 0 Å². The Balaban J connectivity index is 3.44. The van der Waals surface area contributed by atoms with Crippen LogP contribution in [0.25, 0.3) is 0 Å². The standard InChI is InChI=1S/C13H17NO7S/c1-20-12(16)5-4-9-7-14(22(3,18)19)11(8-15)10(9)6-13(17)21-2/h7-8H,4-6H2,1-3H3/i8D. The molecule has 0 spiro atoms. The third kappa shape index (κ3) is 4.17. The molecule has 0 atom stereocenters. The van der Waals surface area contributed by atoms with Gasteiger partial charge in [0.15, 0.2) is 6.26 Å². The van der Waals surface area contributed by atoms with E-state index in [1.54, 1.807) is 0 Å². The Kier molecular flexibility index (Phi) is 5.31. The van der Waals surface area contributed by atoms with E-state index in [2.05, 4.69) is 9.47 Å². The molecule has 0 aliphatic rings. The van der Waals surface area contributed by atoms with E-state index in [1.807, 2.05) is 0 Å². The van der Waals surface area contributed by atoms with Crippen LogP contribution in [0.2, 0.25) is 0 Å². The minimum Gasteiger partial charge on any atom is -0.469 e. The number of aryl methyl sites for hydroxylation is 1. The molecule has 22 heavy (non-hydrogen) atoms. The van der Waals surface area contributed by atoms with Crippen molar-refractivity contribution >= 4 is 28.2 Å². The van der Waals surface area contributed by atoms with Crippen molar-refractivity contribution < 1.29 is 33.6 Å². The monoisotopic (exact) mass is 332 g/mol. The number of methoxy groups -OCH3 is 2. The summed E-state index contributed by atoms with van der Waals surface area (Å²) in [5.41, 5.74) is -0.0780. The molecule has 122 valence electrons. The number of rotatable bonds is 7. The second-order valence-corrected chi connectivity index (χ2v) is 6.33. The molecule has 1 rings (SSSR count). The first kappa shape index (κ1) is 16.2. The van der Waals surface area contributed by atoms with Crippen LogP contribution < -0.4 is 0 Å². The van der Waals surface area contributed by atoms with Crippen molar-refractivity contribution in [3.63, 3.8) is 0 Å². The normalized spacial score (nSPS) is 11.7. The fourth-order valence-corrected chi connectivity index (χ4v) is 2.70. The van der Waals surface area contributed by atoms with E-state index in [-0.39, 0.29) is 24.8 Å². The largest absolute Gasteiger partial charge is 0.469 e. The topological polar surface area (TPSA) is 109 Å². The van der Waals surface area contributed by atoms with E-state index in [4.69, 9.17) is 1.37 Å². The number of hydrogen-bond donors (Lipinski definition) is 0. The van der Waals surface area contributed by atoms with Crippen LogP contribution in [0.5, 0.6) is 0 Å². The van der Waals surface area contributed by atoms with Gasteiger partial charge in [0.05, 0.1) is 26.9 Å². The molecule has 0 saturated carbocycles. The van der Waals surface area contributed by atoms with E-state index in [1.165, 1.54) is 7.11 Å². The van der Waals surface area contributed by atoms with Crippen LogP contribution >= 0.6 is 0 Å². The second-order valence-electron chi connectivity index (χ2n) is 4.47. The summed E-state index contributed by atoms with van der Waals surface area (Å²) in [7, 11) is -1.51. The lowest BCUT2D eigenvalue weighted by atomic mass is 10.0. The first-order chi connectivity index (χ1) is 10.6. The minimum absolute atomic E-state index is 0.0573. The van der Waals surface area contributed by atoms with Crippen LogP contribution in [0.15, 0.2) is 6.20 Å². The Labute approximate surface area is 129 Å². The van der Waals surface area contributed by atoms with Gasteiger partial charge in [0.2, 0.25) is 10.0 Å². The molecule has 0 bridgehead atoms. The van der Waals surface area contributed by atoms with Crippen LogP contribution in [0.1, 0.15) is 29.4 Å². The molecule has 0 aliphatic carbocycles. The first-order valence-corrected chi connectivity index (χ1v) is 8.04. The molecule has 9 heteroatoms. The zero-order chi connectivity index (χ0) is 17.8. The smallest absolute Gasteiger partial charge is 0.310 e. The van der Waals surface area contributed by atoms with Crippen molar-refractivity contribution in [2.75, 3.05) is 20.5 Å². The van der Waals surface area contributed by atoms with E-state index < -0.39 is 33.9 Å². The van der Waals surface area contributed by atoms with E-state index in [0.29, 0.717) is 9.54 Å². The van der Waals surface area contributed by atoms with Gasteiger partial charge in [-0.3, -0.25) is 14.4 Å². The quantitative estimate of drug-likeness (QED) is 0.508. The summed E-state index contributed by atoms with van der Waals surface area (Å²) in [5.74, 6) is -1.22. The van der Waals surface area contributed by atoms with Crippen LogP contribution in [0, 0.1) is 0 Å². The number of esters is 2. The number of ether oxygens (including phenoxy) is 2. The predicted molar refractivity (Wildman–Crippen MR) is 76.1 cm³/mol. The minimum atomic E-state index is -3.86. The van der Waals surface area contributed by atoms with Gasteiger partial charge in [-0.25, -0.2) is 12.4 Å². The van der Waals surface area contributed by atoms with Crippen molar-refractivity contribution in [3.05, 3.63) is 23.0 Å². The highest BCUT2D eigenvalue weighted by Crippen LogP contribution is 2.21. The first-order valence-electron chi connectivity index (χ1n) is 6.70. The van der Waals surface area contributed by atoms with E-state index >= 15 is 0 Å². The van der Waals surface area contributed by atoms with Crippen molar-refractivity contribution in [1.29, 1.82) is 0 Å². The molecular formula is C13H17NO7S.